The lowest BCUT2D eigenvalue weighted by Crippen LogP contribution is -2.46. The summed E-state index contributed by atoms with van der Waals surface area (Å²) >= 11 is 0. The number of carbonyl (C=O) groups excluding carboxylic acids is 1. The lowest BCUT2D eigenvalue weighted by atomic mass is 10.0. The van der Waals surface area contributed by atoms with E-state index in [4.69, 9.17) is 0 Å². The molecule has 0 atom stereocenters. The second-order valence-electron chi connectivity index (χ2n) is 5.96. The van der Waals surface area contributed by atoms with Crippen LogP contribution in [0.3, 0.4) is 0 Å². The fraction of sp³-hybridized carbons (Fsp3) is 0.733. The van der Waals surface area contributed by atoms with Gasteiger partial charge in [-0.15, -0.1) is 12.4 Å². The predicted molar refractivity (Wildman–Crippen MR) is 85.0 cm³/mol. The van der Waals surface area contributed by atoms with Gasteiger partial charge in [-0.1, -0.05) is 6.92 Å². The number of halogens is 1. The molecule has 3 rings (SSSR count). The van der Waals surface area contributed by atoms with Crippen LogP contribution >= 0.6 is 12.4 Å². The van der Waals surface area contributed by atoms with Gasteiger partial charge in [-0.25, -0.2) is 0 Å². The van der Waals surface area contributed by atoms with Crippen LogP contribution in [0.15, 0.2) is 6.07 Å². The molecule has 0 radical (unpaired) electrons. The quantitative estimate of drug-likeness (QED) is 0.877. The summed E-state index contributed by atoms with van der Waals surface area (Å²) in [6, 6.07) is 2.33. The Kier molecular flexibility index (Phi) is 5.65. The van der Waals surface area contributed by atoms with E-state index in [1.54, 1.807) is 0 Å². The molecule has 1 aromatic rings. The van der Waals surface area contributed by atoms with Gasteiger partial charge in [0.05, 0.1) is 0 Å². The maximum Gasteiger partial charge on any atom is 0.274 e. The molecular formula is C15H25ClN4O. The number of hydrogen-bond acceptors (Lipinski definition) is 3. The van der Waals surface area contributed by atoms with Crippen molar-refractivity contribution in [3.8, 4) is 0 Å². The van der Waals surface area contributed by atoms with Crippen molar-refractivity contribution in [2.45, 2.75) is 51.0 Å². The standard InChI is InChI=1S/C15H24N4O.ClH/c1-2-9-19(12-5-7-16-8-6-12)15(20)14-10-13(17-18-14)11-3-4-11;/h10-12,16H,2-9H2,1H3,(H,17,18);1H. The number of carbonyl (C=O) groups is 1. The molecule has 21 heavy (non-hydrogen) atoms. The fourth-order valence-electron chi connectivity index (χ4n) is 3.01. The van der Waals surface area contributed by atoms with Gasteiger partial charge >= 0.3 is 0 Å². The summed E-state index contributed by atoms with van der Waals surface area (Å²) < 4.78 is 0. The number of aromatic amines is 1. The highest BCUT2D eigenvalue weighted by Crippen LogP contribution is 2.39. The van der Waals surface area contributed by atoms with Crippen molar-refractivity contribution in [1.29, 1.82) is 0 Å². The highest BCUT2D eigenvalue weighted by molar-refractivity contribution is 5.92. The van der Waals surface area contributed by atoms with Gasteiger partial charge in [-0.3, -0.25) is 9.89 Å². The Hall–Kier alpha value is -1.07. The number of rotatable bonds is 5. The fourth-order valence-corrected chi connectivity index (χ4v) is 3.01. The van der Waals surface area contributed by atoms with Gasteiger partial charge in [0.25, 0.3) is 5.91 Å². The van der Waals surface area contributed by atoms with Crippen LogP contribution in [-0.4, -0.2) is 46.7 Å². The maximum absolute atomic E-state index is 12.7. The molecule has 118 valence electrons. The largest absolute Gasteiger partial charge is 0.334 e. The van der Waals surface area contributed by atoms with Gasteiger partial charge in [-0.05, 0) is 51.3 Å². The number of amides is 1. The predicted octanol–water partition coefficient (Wildman–Crippen LogP) is 2.31. The van der Waals surface area contributed by atoms with E-state index in [0.29, 0.717) is 17.7 Å². The summed E-state index contributed by atoms with van der Waals surface area (Å²) in [6.45, 7) is 4.97. The van der Waals surface area contributed by atoms with E-state index in [0.717, 1.165) is 44.6 Å². The zero-order chi connectivity index (χ0) is 13.9. The van der Waals surface area contributed by atoms with Gasteiger partial charge in [0.2, 0.25) is 0 Å². The number of nitrogens with one attached hydrogen (secondary N) is 2. The molecule has 1 amide bonds. The maximum atomic E-state index is 12.7. The van der Waals surface area contributed by atoms with Gasteiger partial charge < -0.3 is 10.2 Å². The summed E-state index contributed by atoms with van der Waals surface area (Å²) in [6.07, 6.45) is 5.54. The third-order valence-corrected chi connectivity index (χ3v) is 4.31. The van der Waals surface area contributed by atoms with Crippen molar-refractivity contribution in [2.75, 3.05) is 19.6 Å². The molecule has 1 saturated carbocycles. The SMILES string of the molecule is CCCN(C(=O)c1cc(C2CC2)[nH]n1)C1CCNCC1.Cl. The zero-order valence-corrected chi connectivity index (χ0v) is 13.4. The third-order valence-electron chi connectivity index (χ3n) is 4.31. The molecule has 0 unspecified atom stereocenters. The first-order valence-corrected chi connectivity index (χ1v) is 7.86. The Balaban J connectivity index is 0.00000161. The van der Waals surface area contributed by atoms with Crippen LogP contribution in [0.2, 0.25) is 0 Å². The van der Waals surface area contributed by atoms with E-state index < -0.39 is 0 Å². The molecule has 1 saturated heterocycles. The van der Waals surface area contributed by atoms with Gasteiger partial charge in [0, 0.05) is 24.2 Å². The Labute approximate surface area is 132 Å². The van der Waals surface area contributed by atoms with Crippen molar-refractivity contribution in [2.24, 2.45) is 0 Å². The van der Waals surface area contributed by atoms with Gasteiger partial charge in [0.1, 0.15) is 5.69 Å². The molecule has 1 aliphatic carbocycles. The highest BCUT2D eigenvalue weighted by Gasteiger charge is 2.30. The molecule has 2 fully saturated rings. The minimum absolute atomic E-state index is 0. The van der Waals surface area contributed by atoms with E-state index in [1.165, 1.54) is 12.8 Å². The van der Waals surface area contributed by atoms with E-state index in [-0.39, 0.29) is 18.3 Å². The van der Waals surface area contributed by atoms with Crippen molar-refractivity contribution in [3.63, 3.8) is 0 Å². The monoisotopic (exact) mass is 312 g/mol. The summed E-state index contributed by atoms with van der Waals surface area (Å²) in [5.41, 5.74) is 1.73. The molecule has 0 spiro atoms. The molecule has 1 aromatic heterocycles. The molecular weight excluding hydrogens is 288 g/mol. The molecule has 0 bridgehead atoms. The first-order valence-electron chi connectivity index (χ1n) is 7.86. The average Bonchev–Trinajstić information content (AvgIpc) is 3.22. The third kappa shape index (κ3) is 3.77. The van der Waals surface area contributed by atoms with E-state index in [2.05, 4.69) is 22.4 Å². The number of piperidine rings is 1. The molecule has 0 aromatic carbocycles. The van der Waals surface area contributed by atoms with Crippen LogP contribution in [0.1, 0.15) is 61.1 Å². The molecule has 2 aliphatic rings. The minimum atomic E-state index is 0. The Morgan fingerprint density at radius 3 is 2.67 bits per heavy atom. The smallest absolute Gasteiger partial charge is 0.274 e. The normalized spacial score (nSPS) is 19.1. The summed E-state index contributed by atoms with van der Waals surface area (Å²) in [7, 11) is 0. The zero-order valence-electron chi connectivity index (χ0n) is 12.6. The summed E-state index contributed by atoms with van der Waals surface area (Å²) in [5, 5.41) is 10.6. The second-order valence-corrected chi connectivity index (χ2v) is 5.96. The first-order chi connectivity index (χ1) is 9.79. The molecule has 5 nitrogen and oxygen atoms in total. The van der Waals surface area contributed by atoms with Crippen molar-refractivity contribution >= 4 is 18.3 Å². The van der Waals surface area contributed by atoms with E-state index in [1.807, 2.05) is 11.0 Å². The lowest BCUT2D eigenvalue weighted by Gasteiger charge is -2.34. The van der Waals surface area contributed by atoms with Crippen LogP contribution in [0.4, 0.5) is 0 Å². The number of hydrogen-bond donors (Lipinski definition) is 2. The van der Waals surface area contributed by atoms with Crippen molar-refractivity contribution < 1.29 is 4.79 Å². The molecule has 6 heteroatoms. The molecule has 2 N–H and O–H groups in total. The Bertz CT molecular complexity index is 466. The first kappa shape index (κ1) is 16.3. The molecule has 1 aliphatic heterocycles. The number of aromatic nitrogens is 2. The van der Waals surface area contributed by atoms with Crippen LogP contribution in [-0.2, 0) is 0 Å². The topological polar surface area (TPSA) is 61.0 Å². The van der Waals surface area contributed by atoms with Crippen LogP contribution in [0.5, 0.6) is 0 Å². The number of H-pyrrole nitrogens is 1. The van der Waals surface area contributed by atoms with Crippen molar-refractivity contribution in [3.05, 3.63) is 17.5 Å². The van der Waals surface area contributed by atoms with Crippen LogP contribution in [0.25, 0.3) is 0 Å². The van der Waals surface area contributed by atoms with Crippen LogP contribution < -0.4 is 5.32 Å². The Morgan fingerprint density at radius 1 is 1.33 bits per heavy atom. The number of nitrogens with zero attached hydrogens (tertiary/aromatic N) is 2. The minimum Gasteiger partial charge on any atom is -0.334 e. The van der Waals surface area contributed by atoms with E-state index >= 15 is 0 Å². The van der Waals surface area contributed by atoms with Crippen LogP contribution in [0, 0.1) is 0 Å². The summed E-state index contributed by atoms with van der Waals surface area (Å²) in [4.78, 5) is 14.7. The van der Waals surface area contributed by atoms with E-state index in [9.17, 15) is 4.79 Å². The highest BCUT2D eigenvalue weighted by atomic mass is 35.5. The average molecular weight is 313 g/mol. The second kappa shape index (κ2) is 7.27. The van der Waals surface area contributed by atoms with Gasteiger partial charge in [-0.2, -0.15) is 5.10 Å². The van der Waals surface area contributed by atoms with Crippen molar-refractivity contribution in [1.82, 2.24) is 20.4 Å². The lowest BCUT2D eigenvalue weighted by molar-refractivity contribution is 0.0636. The molecule has 2 heterocycles. The Morgan fingerprint density at radius 2 is 2.05 bits per heavy atom. The summed E-state index contributed by atoms with van der Waals surface area (Å²) in [5.74, 6) is 0.712. The van der Waals surface area contributed by atoms with Gasteiger partial charge in [0.15, 0.2) is 0 Å².